The molecule has 1 aliphatic heterocycles. The van der Waals surface area contributed by atoms with Crippen LogP contribution in [0.3, 0.4) is 0 Å². The van der Waals surface area contributed by atoms with Gasteiger partial charge in [-0.2, -0.15) is 0 Å². The van der Waals surface area contributed by atoms with Crippen LogP contribution in [0.15, 0.2) is 0 Å². The van der Waals surface area contributed by atoms with E-state index in [1.807, 2.05) is 0 Å². The fraction of sp³-hybridized carbons (Fsp3) is 1.00. The highest BCUT2D eigenvalue weighted by Gasteiger charge is 2.44. The summed E-state index contributed by atoms with van der Waals surface area (Å²) >= 11 is 1.33. The summed E-state index contributed by atoms with van der Waals surface area (Å²) in [6.07, 6.45) is 10.0. The maximum absolute atomic E-state index is 14.0. The van der Waals surface area contributed by atoms with E-state index in [9.17, 15) is 14.6 Å². The summed E-state index contributed by atoms with van der Waals surface area (Å²) in [7, 11) is 0. The molecule has 0 unspecified atom stereocenters. The van der Waals surface area contributed by atoms with Crippen LogP contribution in [0.4, 0.5) is 4.39 Å². The Morgan fingerprint density at radius 1 is 0.808 bits per heavy atom. The molecule has 4 nitrogen and oxygen atoms in total. The third-order valence-corrected chi connectivity index (χ3v) is 6.31. The molecule has 1 saturated heterocycles. The molecule has 1 aliphatic rings. The molecular formula is C20H39FO4S. The number of rotatable bonds is 15. The summed E-state index contributed by atoms with van der Waals surface area (Å²) in [5.41, 5.74) is -0.807. The van der Waals surface area contributed by atoms with Gasteiger partial charge in [0.2, 0.25) is 0 Å². The Morgan fingerprint density at radius 2 is 1.31 bits per heavy atom. The molecular weight excluding hydrogens is 355 g/mol. The lowest BCUT2D eigenvalue weighted by atomic mass is 10.0. The second-order valence-electron chi connectivity index (χ2n) is 7.41. The van der Waals surface area contributed by atoms with Crippen LogP contribution < -0.4 is 0 Å². The van der Waals surface area contributed by atoms with Crippen molar-refractivity contribution in [2.75, 3.05) is 12.4 Å². The highest BCUT2D eigenvalue weighted by atomic mass is 32.2. The minimum Gasteiger partial charge on any atom is -0.394 e. The van der Waals surface area contributed by atoms with E-state index in [0.29, 0.717) is 0 Å². The molecule has 156 valence electrons. The monoisotopic (exact) mass is 394 g/mol. The predicted octanol–water partition coefficient (Wildman–Crippen LogP) is 4.20. The Hall–Kier alpha value is 0.120. The van der Waals surface area contributed by atoms with Crippen LogP contribution in [0.2, 0.25) is 0 Å². The van der Waals surface area contributed by atoms with E-state index in [1.165, 1.54) is 76.0 Å². The number of hydrogen-bond acceptors (Lipinski definition) is 5. The molecule has 1 fully saturated rings. The van der Waals surface area contributed by atoms with Gasteiger partial charge in [-0.3, -0.25) is 0 Å². The second kappa shape index (κ2) is 15.1. The molecule has 0 aromatic carbocycles. The topological polar surface area (TPSA) is 69.9 Å². The maximum atomic E-state index is 14.0. The summed E-state index contributed by atoms with van der Waals surface area (Å²) in [6, 6.07) is 0. The highest BCUT2D eigenvalue weighted by molar-refractivity contribution is 7.99. The normalized spacial score (nSPS) is 29.2. The Labute approximate surface area is 162 Å². The van der Waals surface area contributed by atoms with Crippen molar-refractivity contribution < 1.29 is 24.4 Å². The zero-order chi connectivity index (χ0) is 19.2. The molecule has 0 aromatic rings. The van der Waals surface area contributed by atoms with Crippen LogP contribution in [0.1, 0.15) is 84.0 Å². The molecule has 0 saturated carbocycles. The highest BCUT2D eigenvalue weighted by Crippen LogP contribution is 2.31. The predicted molar refractivity (Wildman–Crippen MR) is 106 cm³/mol. The standard InChI is InChI=1S/C20H39FO4S/c1-2-3-4-5-6-7-8-9-10-11-12-13-14-26-20-17(21)19(24)18(23)16(15-22)25-20/h16-20,22-24H,2-15H2,1H3/t16-,17-,18-,19-,20-/m1/s1. The van der Waals surface area contributed by atoms with Crippen molar-refractivity contribution in [3.63, 3.8) is 0 Å². The van der Waals surface area contributed by atoms with Crippen LogP contribution in [-0.4, -0.2) is 57.6 Å². The van der Waals surface area contributed by atoms with E-state index in [1.54, 1.807) is 0 Å². The van der Waals surface area contributed by atoms with Gasteiger partial charge in [0.1, 0.15) is 23.7 Å². The van der Waals surface area contributed by atoms with Gasteiger partial charge in [-0.1, -0.05) is 77.6 Å². The zero-order valence-corrected chi connectivity index (χ0v) is 17.1. The molecule has 5 atom stereocenters. The lowest BCUT2D eigenvalue weighted by Gasteiger charge is -2.38. The van der Waals surface area contributed by atoms with Gasteiger partial charge >= 0.3 is 0 Å². The number of ether oxygens (including phenoxy) is 1. The molecule has 1 heterocycles. The Kier molecular flexibility index (Phi) is 14.0. The van der Waals surface area contributed by atoms with Crippen LogP contribution in [0.5, 0.6) is 0 Å². The minimum absolute atomic E-state index is 0.416. The molecule has 3 N–H and O–H groups in total. The second-order valence-corrected chi connectivity index (χ2v) is 8.62. The lowest BCUT2D eigenvalue weighted by Crippen LogP contribution is -2.56. The van der Waals surface area contributed by atoms with Gasteiger partial charge in [-0.25, -0.2) is 4.39 Å². The van der Waals surface area contributed by atoms with Gasteiger partial charge in [0.25, 0.3) is 0 Å². The first-order valence-corrected chi connectivity index (χ1v) is 11.5. The van der Waals surface area contributed by atoms with Gasteiger partial charge in [-0.15, -0.1) is 11.8 Å². The molecule has 1 rings (SSSR count). The van der Waals surface area contributed by atoms with Crippen molar-refractivity contribution in [3.8, 4) is 0 Å². The zero-order valence-electron chi connectivity index (χ0n) is 16.3. The summed E-state index contributed by atoms with van der Waals surface area (Å²) in [5.74, 6) is 0.767. The van der Waals surface area contributed by atoms with Crippen LogP contribution in [0, 0.1) is 0 Å². The van der Waals surface area contributed by atoms with E-state index >= 15 is 0 Å². The Morgan fingerprint density at radius 3 is 1.81 bits per heavy atom. The van der Waals surface area contributed by atoms with Crippen LogP contribution >= 0.6 is 11.8 Å². The van der Waals surface area contributed by atoms with Gasteiger partial charge < -0.3 is 20.1 Å². The summed E-state index contributed by atoms with van der Waals surface area (Å²) in [4.78, 5) is 0. The SMILES string of the molecule is CCCCCCCCCCCCCCS[C@H]1O[C@H](CO)[C@@H](O)[C@H](O)[C@H]1F. The molecule has 0 radical (unpaired) electrons. The number of unbranched alkanes of at least 4 members (excludes halogenated alkanes) is 11. The van der Waals surface area contributed by atoms with E-state index in [4.69, 9.17) is 9.84 Å². The number of aliphatic hydroxyl groups excluding tert-OH is 3. The number of thioether (sulfide) groups is 1. The van der Waals surface area contributed by atoms with Gasteiger partial charge in [0.05, 0.1) is 6.61 Å². The first-order valence-electron chi connectivity index (χ1n) is 10.5. The molecule has 0 bridgehead atoms. The largest absolute Gasteiger partial charge is 0.394 e. The molecule has 0 amide bonds. The Bertz CT molecular complexity index is 333. The Balaban J connectivity index is 1.95. The molecule has 0 spiro atoms. The molecule has 26 heavy (non-hydrogen) atoms. The lowest BCUT2D eigenvalue weighted by molar-refractivity contribution is -0.188. The third-order valence-electron chi connectivity index (χ3n) is 5.09. The van der Waals surface area contributed by atoms with Crippen molar-refractivity contribution in [2.24, 2.45) is 0 Å². The van der Waals surface area contributed by atoms with E-state index < -0.39 is 36.5 Å². The van der Waals surface area contributed by atoms with Gasteiger partial charge in [-0.05, 0) is 12.2 Å². The molecule has 0 aromatic heterocycles. The maximum Gasteiger partial charge on any atom is 0.164 e. The number of halogens is 1. The van der Waals surface area contributed by atoms with Crippen molar-refractivity contribution in [1.29, 1.82) is 0 Å². The average Bonchev–Trinajstić information content (AvgIpc) is 2.65. The summed E-state index contributed by atoms with van der Waals surface area (Å²) < 4.78 is 19.4. The first kappa shape index (κ1) is 24.2. The van der Waals surface area contributed by atoms with Gasteiger partial charge in [0.15, 0.2) is 6.17 Å². The van der Waals surface area contributed by atoms with Crippen LogP contribution in [0.25, 0.3) is 0 Å². The van der Waals surface area contributed by atoms with Crippen LogP contribution in [-0.2, 0) is 4.74 Å². The van der Waals surface area contributed by atoms with Crippen molar-refractivity contribution in [2.45, 2.75) is 114 Å². The third kappa shape index (κ3) is 9.36. The van der Waals surface area contributed by atoms with E-state index in [-0.39, 0.29) is 0 Å². The van der Waals surface area contributed by atoms with Crippen molar-refractivity contribution >= 4 is 11.8 Å². The number of hydrogen-bond donors (Lipinski definition) is 3. The van der Waals surface area contributed by atoms with Crippen molar-refractivity contribution in [3.05, 3.63) is 0 Å². The van der Waals surface area contributed by atoms with Gasteiger partial charge in [0, 0.05) is 0 Å². The summed E-state index contributed by atoms with van der Waals surface area (Å²) in [6.45, 7) is 1.83. The molecule has 6 heteroatoms. The van der Waals surface area contributed by atoms with E-state index in [0.717, 1.165) is 18.6 Å². The summed E-state index contributed by atoms with van der Waals surface area (Å²) in [5, 5.41) is 28.5. The fourth-order valence-corrected chi connectivity index (χ4v) is 4.49. The number of aliphatic hydroxyl groups is 3. The molecule has 0 aliphatic carbocycles. The minimum atomic E-state index is -1.62. The first-order chi connectivity index (χ1) is 12.6. The average molecular weight is 395 g/mol. The van der Waals surface area contributed by atoms with Crippen molar-refractivity contribution in [1.82, 2.24) is 0 Å². The fourth-order valence-electron chi connectivity index (χ4n) is 3.32. The quantitative estimate of drug-likeness (QED) is 0.363. The smallest absolute Gasteiger partial charge is 0.164 e. The van der Waals surface area contributed by atoms with E-state index in [2.05, 4.69) is 6.92 Å². The number of alkyl halides is 1.